The van der Waals surface area contributed by atoms with Crippen LogP contribution < -0.4 is 0 Å². The summed E-state index contributed by atoms with van der Waals surface area (Å²) in [4.78, 5) is 28.7. The zero-order chi connectivity index (χ0) is 18.2. The van der Waals surface area contributed by atoms with Crippen LogP contribution in [-0.4, -0.2) is 48.3 Å². The summed E-state index contributed by atoms with van der Waals surface area (Å²) < 4.78 is 0. The topological polar surface area (TPSA) is 40.6 Å². The molecule has 0 atom stereocenters. The second-order valence-electron chi connectivity index (χ2n) is 7.58. The molecule has 1 aromatic rings. The fourth-order valence-corrected chi connectivity index (χ4v) is 3.30. The lowest BCUT2D eigenvalue weighted by atomic mass is 9.94. The summed E-state index contributed by atoms with van der Waals surface area (Å²) in [6.07, 6.45) is 3.97. The molecule has 1 heterocycles. The van der Waals surface area contributed by atoms with Gasteiger partial charge in [-0.2, -0.15) is 0 Å². The lowest BCUT2D eigenvalue weighted by Gasteiger charge is -2.33. The first-order valence-electron chi connectivity index (χ1n) is 9.54. The van der Waals surface area contributed by atoms with Crippen molar-refractivity contribution in [1.29, 1.82) is 0 Å². The zero-order valence-corrected chi connectivity index (χ0v) is 15.9. The number of benzene rings is 1. The normalized spacial score (nSPS) is 15.4. The van der Waals surface area contributed by atoms with Gasteiger partial charge in [0, 0.05) is 39.0 Å². The molecular formula is C21H32N2O2. The molecule has 2 amide bonds. The molecule has 0 saturated carbocycles. The number of carbonyl (C=O) groups is 2. The number of carbonyl (C=O) groups excluding carboxylic acids is 2. The van der Waals surface area contributed by atoms with Gasteiger partial charge in [0.1, 0.15) is 0 Å². The van der Waals surface area contributed by atoms with Gasteiger partial charge in [-0.3, -0.25) is 9.59 Å². The van der Waals surface area contributed by atoms with Gasteiger partial charge < -0.3 is 9.80 Å². The minimum atomic E-state index is 0.0790. The van der Waals surface area contributed by atoms with E-state index < -0.39 is 0 Å². The van der Waals surface area contributed by atoms with Crippen LogP contribution in [0, 0.1) is 11.8 Å². The van der Waals surface area contributed by atoms with E-state index in [0.29, 0.717) is 25.4 Å². The average molecular weight is 344 g/mol. The standard InChI is InChI=1S/C21H32N2O2/c1-17(2)11-14-22(3)21(25)19-12-15-23(16-13-19)20(24)10-9-18-7-5-4-6-8-18/h4-8,17,19H,9-16H2,1-3H3. The average Bonchev–Trinajstić information content (AvgIpc) is 2.64. The van der Waals surface area contributed by atoms with Gasteiger partial charge in [-0.15, -0.1) is 0 Å². The van der Waals surface area contributed by atoms with Crippen molar-refractivity contribution < 1.29 is 9.59 Å². The Bertz CT molecular complexity index is 548. The predicted molar refractivity (Wildman–Crippen MR) is 101 cm³/mol. The minimum Gasteiger partial charge on any atom is -0.346 e. The summed E-state index contributed by atoms with van der Waals surface area (Å²) in [5, 5.41) is 0. The number of hydrogen-bond acceptors (Lipinski definition) is 2. The number of amides is 2. The van der Waals surface area contributed by atoms with Crippen LogP contribution in [0.5, 0.6) is 0 Å². The number of rotatable bonds is 7. The Labute approximate surface area is 152 Å². The second-order valence-corrected chi connectivity index (χ2v) is 7.58. The van der Waals surface area contributed by atoms with E-state index in [1.54, 1.807) is 0 Å². The zero-order valence-electron chi connectivity index (χ0n) is 15.9. The summed E-state index contributed by atoms with van der Waals surface area (Å²) in [6, 6.07) is 10.1. The molecule has 0 N–H and O–H groups in total. The van der Waals surface area contributed by atoms with E-state index in [1.807, 2.05) is 35.0 Å². The quantitative estimate of drug-likeness (QED) is 0.761. The smallest absolute Gasteiger partial charge is 0.225 e. The molecule has 1 saturated heterocycles. The maximum atomic E-state index is 12.5. The molecule has 2 rings (SSSR count). The molecule has 4 heteroatoms. The summed E-state index contributed by atoms with van der Waals surface area (Å²) in [5.74, 6) is 1.15. The lowest BCUT2D eigenvalue weighted by molar-refractivity contribution is -0.140. The van der Waals surface area contributed by atoms with Crippen molar-refractivity contribution in [2.75, 3.05) is 26.7 Å². The molecule has 1 aliphatic heterocycles. The van der Waals surface area contributed by atoms with Crippen molar-refractivity contribution in [3.63, 3.8) is 0 Å². The van der Waals surface area contributed by atoms with Gasteiger partial charge in [-0.1, -0.05) is 44.2 Å². The van der Waals surface area contributed by atoms with Crippen LogP contribution in [0.2, 0.25) is 0 Å². The summed E-state index contributed by atoms with van der Waals surface area (Å²) in [6.45, 7) is 6.60. The SMILES string of the molecule is CC(C)CCN(C)C(=O)C1CCN(C(=O)CCc2ccccc2)CC1. The van der Waals surface area contributed by atoms with Gasteiger partial charge in [0.25, 0.3) is 0 Å². The first-order valence-corrected chi connectivity index (χ1v) is 9.54. The van der Waals surface area contributed by atoms with Crippen molar-refractivity contribution in [2.24, 2.45) is 11.8 Å². The van der Waals surface area contributed by atoms with Gasteiger partial charge in [0.2, 0.25) is 11.8 Å². The van der Waals surface area contributed by atoms with Crippen molar-refractivity contribution in [1.82, 2.24) is 9.80 Å². The predicted octanol–water partition coefficient (Wildman–Crippen LogP) is 3.36. The molecule has 25 heavy (non-hydrogen) atoms. The number of nitrogens with zero attached hydrogens (tertiary/aromatic N) is 2. The fraction of sp³-hybridized carbons (Fsp3) is 0.619. The minimum absolute atomic E-state index is 0.0790. The van der Waals surface area contributed by atoms with E-state index in [0.717, 1.165) is 32.2 Å². The Morgan fingerprint density at radius 1 is 1.16 bits per heavy atom. The first-order chi connectivity index (χ1) is 12.0. The summed E-state index contributed by atoms with van der Waals surface area (Å²) in [7, 11) is 1.90. The summed E-state index contributed by atoms with van der Waals surface area (Å²) >= 11 is 0. The molecule has 4 nitrogen and oxygen atoms in total. The highest BCUT2D eigenvalue weighted by Crippen LogP contribution is 2.20. The molecule has 0 bridgehead atoms. The van der Waals surface area contributed by atoms with Gasteiger partial charge in [0.05, 0.1) is 0 Å². The Kier molecular flexibility index (Phi) is 7.48. The maximum Gasteiger partial charge on any atom is 0.225 e. The van der Waals surface area contributed by atoms with E-state index in [1.165, 1.54) is 5.56 Å². The van der Waals surface area contributed by atoms with Crippen LogP contribution >= 0.6 is 0 Å². The third-order valence-corrected chi connectivity index (χ3v) is 5.09. The molecular weight excluding hydrogens is 312 g/mol. The van der Waals surface area contributed by atoms with Gasteiger partial charge >= 0.3 is 0 Å². The van der Waals surface area contributed by atoms with Crippen LogP contribution in [-0.2, 0) is 16.0 Å². The van der Waals surface area contributed by atoms with Gasteiger partial charge in [-0.05, 0) is 37.2 Å². The Morgan fingerprint density at radius 3 is 2.40 bits per heavy atom. The number of likely N-dealkylation sites (tertiary alicyclic amines) is 1. The first kappa shape index (κ1) is 19.5. The van der Waals surface area contributed by atoms with E-state index in [2.05, 4.69) is 26.0 Å². The number of hydrogen-bond donors (Lipinski definition) is 0. The third kappa shape index (κ3) is 6.18. The van der Waals surface area contributed by atoms with E-state index in [4.69, 9.17) is 0 Å². The molecule has 0 aromatic heterocycles. The van der Waals surface area contributed by atoms with Crippen molar-refractivity contribution >= 4 is 11.8 Å². The monoisotopic (exact) mass is 344 g/mol. The summed E-state index contributed by atoms with van der Waals surface area (Å²) in [5.41, 5.74) is 1.20. The Hall–Kier alpha value is -1.84. The highest BCUT2D eigenvalue weighted by atomic mass is 16.2. The molecule has 1 aliphatic rings. The van der Waals surface area contributed by atoms with E-state index in [-0.39, 0.29) is 17.7 Å². The Morgan fingerprint density at radius 2 is 1.80 bits per heavy atom. The Balaban J connectivity index is 1.73. The third-order valence-electron chi connectivity index (χ3n) is 5.09. The highest BCUT2D eigenvalue weighted by molar-refractivity contribution is 5.80. The number of aryl methyl sites for hydroxylation is 1. The highest BCUT2D eigenvalue weighted by Gasteiger charge is 2.28. The molecule has 138 valence electrons. The van der Waals surface area contributed by atoms with Crippen LogP contribution in [0.25, 0.3) is 0 Å². The fourth-order valence-electron chi connectivity index (χ4n) is 3.30. The van der Waals surface area contributed by atoms with Crippen LogP contribution in [0.15, 0.2) is 30.3 Å². The molecule has 0 radical (unpaired) electrons. The number of piperidine rings is 1. The molecule has 1 fully saturated rings. The molecule has 0 spiro atoms. The molecule has 0 aliphatic carbocycles. The second kappa shape index (κ2) is 9.59. The van der Waals surface area contributed by atoms with Gasteiger partial charge in [0.15, 0.2) is 0 Å². The maximum absolute atomic E-state index is 12.5. The van der Waals surface area contributed by atoms with Crippen LogP contribution in [0.3, 0.4) is 0 Å². The van der Waals surface area contributed by atoms with Crippen molar-refractivity contribution in [2.45, 2.75) is 46.0 Å². The largest absolute Gasteiger partial charge is 0.346 e. The lowest BCUT2D eigenvalue weighted by Crippen LogP contribution is -2.43. The molecule has 0 unspecified atom stereocenters. The van der Waals surface area contributed by atoms with E-state index >= 15 is 0 Å². The van der Waals surface area contributed by atoms with Crippen LogP contribution in [0.1, 0.15) is 45.1 Å². The van der Waals surface area contributed by atoms with Crippen molar-refractivity contribution in [3.8, 4) is 0 Å². The van der Waals surface area contributed by atoms with Crippen molar-refractivity contribution in [3.05, 3.63) is 35.9 Å². The van der Waals surface area contributed by atoms with E-state index in [9.17, 15) is 9.59 Å². The molecule has 1 aromatic carbocycles. The van der Waals surface area contributed by atoms with Gasteiger partial charge in [-0.25, -0.2) is 0 Å². The van der Waals surface area contributed by atoms with Crippen LogP contribution in [0.4, 0.5) is 0 Å².